The average molecular weight is 284 g/mol. The molecule has 2 aromatic carbocycles. The fraction of sp³-hybridized carbons (Fsp3) is 0.278. The Morgan fingerprint density at radius 3 is 2.38 bits per heavy atom. The third-order valence-electron chi connectivity index (χ3n) is 3.70. The molecule has 2 rings (SSSR count). The normalized spacial score (nSPS) is 11.2. The first-order valence-electron chi connectivity index (χ1n) is 7.05. The van der Waals surface area contributed by atoms with Gasteiger partial charge in [-0.3, -0.25) is 4.79 Å². The first kappa shape index (κ1) is 15.1. The van der Waals surface area contributed by atoms with Crippen LogP contribution in [0.2, 0.25) is 0 Å². The Bertz CT molecular complexity index is 630. The summed E-state index contributed by atoms with van der Waals surface area (Å²) in [6, 6.07) is 14.5. The van der Waals surface area contributed by atoms with E-state index in [0.717, 1.165) is 5.56 Å². The predicted octanol–water partition coefficient (Wildman–Crippen LogP) is 4.40. The van der Waals surface area contributed by atoms with Crippen molar-refractivity contribution in [3.63, 3.8) is 0 Å². The van der Waals surface area contributed by atoms with Crippen LogP contribution in [0.15, 0.2) is 48.5 Å². The van der Waals surface area contributed by atoms with Crippen LogP contribution in [-0.4, -0.2) is 11.1 Å². The lowest BCUT2D eigenvalue weighted by Crippen LogP contribution is -2.28. The third-order valence-corrected chi connectivity index (χ3v) is 3.70. The molecule has 1 N–H and O–H groups in total. The van der Waals surface area contributed by atoms with E-state index in [-0.39, 0.29) is 11.7 Å². The van der Waals surface area contributed by atoms with E-state index < -0.39 is 5.41 Å². The quantitative estimate of drug-likeness (QED) is 0.668. The molecule has 0 amide bonds. The van der Waals surface area contributed by atoms with Crippen LogP contribution in [0.4, 0.5) is 0 Å². The van der Waals surface area contributed by atoms with Crippen molar-refractivity contribution in [1.29, 1.82) is 0 Å². The molecule has 0 radical (unpaired) electrons. The highest BCUT2D eigenvalue weighted by molar-refractivity contribution is 5.79. The van der Waals surface area contributed by atoms with Crippen LogP contribution >= 0.6 is 0 Å². The average Bonchev–Trinajstić information content (AvgIpc) is 2.48. The number of benzene rings is 2. The van der Waals surface area contributed by atoms with Crippen LogP contribution in [0.1, 0.15) is 27.2 Å². The molecule has 0 fully saturated rings. The SMILES string of the molecule is CCC(C)(C)C(=O)Oc1ccc(-c2ccccc2)c(O)c1. The summed E-state index contributed by atoms with van der Waals surface area (Å²) in [7, 11) is 0. The Hall–Kier alpha value is -2.29. The van der Waals surface area contributed by atoms with Gasteiger partial charge in [0.25, 0.3) is 0 Å². The van der Waals surface area contributed by atoms with Crippen molar-refractivity contribution >= 4 is 5.97 Å². The summed E-state index contributed by atoms with van der Waals surface area (Å²) < 4.78 is 5.34. The van der Waals surface area contributed by atoms with Crippen molar-refractivity contribution in [3.05, 3.63) is 48.5 Å². The number of hydrogen-bond acceptors (Lipinski definition) is 3. The fourth-order valence-corrected chi connectivity index (χ4v) is 1.83. The van der Waals surface area contributed by atoms with Gasteiger partial charge in [0.1, 0.15) is 11.5 Å². The summed E-state index contributed by atoms with van der Waals surface area (Å²) in [6.45, 7) is 5.62. The first-order valence-corrected chi connectivity index (χ1v) is 7.05. The molecule has 2 aromatic rings. The molecule has 0 aromatic heterocycles. The van der Waals surface area contributed by atoms with Crippen LogP contribution < -0.4 is 4.74 Å². The van der Waals surface area contributed by atoms with Crippen LogP contribution in [-0.2, 0) is 4.79 Å². The van der Waals surface area contributed by atoms with Crippen LogP contribution in [0.25, 0.3) is 11.1 Å². The third kappa shape index (κ3) is 3.43. The minimum absolute atomic E-state index is 0.0980. The standard InChI is InChI=1S/C18H20O3/c1-4-18(2,3)17(20)21-14-10-11-15(16(19)12-14)13-8-6-5-7-9-13/h5-12,19H,4H2,1-3H3. The van der Waals surface area contributed by atoms with Gasteiger partial charge in [0.05, 0.1) is 5.41 Å². The highest BCUT2D eigenvalue weighted by Gasteiger charge is 2.27. The number of rotatable bonds is 4. The molecular formula is C18H20O3. The molecule has 0 saturated carbocycles. The summed E-state index contributed by atoms with van der Waals surface area (Å²) in [4.78, 5) is 12.0. The molecule has 3 nitrogen and oxygen atoms in total. The second-order valence-electron chi connectivity index (χ2n) is 5.67. The number of esters is 1. The smallest absolute Gasteiger partial charge is 0.316 e. The fourth-order valence-electron chi connectivity index (χ4n) is 1.83. The molecule has 110 valence electrons. The lowest BCUT2D eigenvalue weighted by molar-refractivity contribution is -0.144. The maximum atomic E-state index is 12.0. The van der Waals surface area contributed by atoms with Gasteiger partial charge in [-0.05, 0) is 38.0 Å². The van der Waals surface area contributed by atoms with Crippen molar-refractivity contribution in [3.8, 4) is 22.6 Å². The van der Waals surface area contributed by atoms with Crippen LogP contribution in [0.3, 0.4) is 0 Å². The van der Waals surface area contributed by atoms with Crippen LogP contribution in [0.5, 0.6) is 11.5 Å². The predicted molar refractivity (Wildman–Crippen MR) is 83.2 cm³/mol. The molecule has 0 saturated heterocycles. The Balaban J connectivity index is 2.22. The largest absolute Gasteiger partial charge is 0.507 e. The van der Waals surface area contributed by atoms with E-state index in [1.165, 1.54) is 6.07 Å². The summed E-state index contributed by atoms with van der Waals surface area (Å²) in [6.07, 6.45) is 0.694. The zero-order valence-electron chi connectivity index (χ0n) is 12.6. The van der Waals surface area contributed by atoms with E-state index in [0.29, 0.717) is 17.7 Å². The molecular weight excluding hydrogens is 264 g/mol. The second kappa shape index (κ2) is 6.00. The van der Waals surface area contributed by atoms with Gasteiger partial charge < -0.3 is 9.84 Å². The van der Waals surface area contributed by atoms with E-state index in [1.54, 1.807) is 12.1 Å². The van der Waals surface area contributed by atoms with Gasteiger partial charge in [-0.15, -0.1) is 0 Å². The number of ether oxygens (including phenoxy) is 1. The molecule has 3 heteroatoms. The van der Waals surface area contributed by atoms with E-state index in [9.17, 15) is 9.90 Å². The molecule has 0 atom stereocenters. The number of hydrogen-bond donors (Lipinski definition) is 1. The van der Waals surface area contributed by atoms with E-state index in [2.05, 4.69) is 0 Å². The molecule has 0 heterocycles. The topological polar surface area (TPSA) is 46.5 Å². The molecule has 0 aliphatic carbocycles. The van der Waals surface area contributed by atoms with Gasteiger partial charge in [0.15, 0.2) is 0 Å². The van der Waals surface area contributed by atoms with Crippen molar-refractivity contribution in [1.82, 2.24) is 0 Å². The van der Waals surface area contributed by atoms with Gasteiger partial charge in [0, 0.05) is 11.6 Å². The number of phenols is 1. The molecule has 0 aliphatic rings. The van der Waals surface area contributed by atoms with E-state index in [4.69, 9.17) is 4.74 Å². The Morgan fingerprint density at radius 2 is 1.81 bits per heavy atom. The lowest BCUT2D eigenvalue weighted by Gasteiger charge is -2.20. The zero-order chi connectivity index (χ0) is 15.5. The molecule has 0 aliphatic heterocycles. The highest BCUT2D eigenvalue weighted by atomic mass is 16.5. The summed E-state index contributed by atoms with van der Waals surface area (Å²) >= 11 is 0. The summed E-state index contributed by atoms with van der Waals surface area (Å²) in [5.74, 6) is 0.163. The molecule has 0 unspecified atom stereocenters. The Morgan fingerprint density at radius 1 is 1.14 bits per heavy atom. The van der Waals surface area contributed by atoms with Crippen LogP contribution in [0, 0.1) is 5.41 Å². The van der Waals surface area contributed by atoms with E-state index >= 15 is 0 Å². The second-order valence-corrected chi connectivity index (χ2v) is 5.67. The van der Waals surface area contributed by atoms with Crippen molar-refractivity contribution in [2.24, 2.45) is 5.41 Å². The minimum atomic E-state index is -0.534. The van der Waals surface area contributed by atoms with Crippen molar-refractivity contribution < 1.29 is 14.6 Å². The monoisotopic (exact) mass is 284 g/mol. The van der Waals surface area contributed by atoms with Gasteiger partial charge >= 0.3 is 5.97 Å². The Kier molecular flexibility index (Phi) is 4.32. The van der Waals surface area contributed by atoms with Gasteiger partial charge in [0.2, 0.25) is 0 Å². The van der Waals surface area contributed by atoms with E-state index in [1.807, 2.05) is 51.1 Å². The van der Waals surface area contributed by atoms with Crippen molar-refractivity contribution in [2.45, 2.75) is 27.2 Å². The maximum absolute atomic E-state index is 12.0. The number of carbonyl (C=O) groups is 1. The van der Waals surface area contributed by atoms with Gasteiger partial charge in [-0.25, -0.2) is 0 Å². The number of carbonyl (C=O) groups excluding carboxylic acids is 1. The zero-order valence-corrected chi connectivity index (χ0v) is 12.6. The van der Waals surface area contributed by atoms with Gasteiger partial charge in [-0.1, -0.05) is 37.3 Å². The van der Waals surface area contributed by atoms with Gasteiger partial charge in [-0.2, -0.15) is 0 Å². The number of aromatic hydroxyl groups is 1. The summed E-state index contributed by atoms with van der Waals surface area (Å²) in [5.41, 5.74) is 1.10. The first-order chi connectivity index (χ1) is 9.94. The summed E-state index contributed by atoms with van der Waals surface area (Å²) in [5, 5.41) is 10.1. The highest BCUT2D eigenvalue weighted by Crippen LogP contribution is 2.33. The maximum Gasteiger partial charge on any atom is 0.316 e. The number of phenolic OH excluding ortho intramolecular Hbond substituents is 1. The van der Waals surface area contributed by atoms with Crippen molar-refractivity contribution in [2.75, 3.05) is 0 Å². The molecule has 0 bridgehead atoms. The molecule has 0 spiro atoms. The molecule has 21 heavy (non-hydrogen) atoms. The lowest BCUT2D eigenvalue weighted by atomic mass is 9.91. The minimum Gasteiger partial charge on any atom is -0.507 e. The Labute approximate surface area is 125 Å².